The molecule has 2 N–H and O–H groups in total. The molecule has 1 saturated heterocycles. The molecule has 0 radical (unpaired) electrons. The third kappa shape index (κ3) is 5.44. The number of carbonyl (C=O) groups excluding carboxylic acids is 1. The summed E-state index contributed by atoms with van der Waals surface area (Å²) in [6.07, 6.45) is 4.20. The zero-order valence-corrected chi connectivity index (χ0v) is 13.8. The molecule has 0 saturated carbocycles. The van der Waals surface area contributed by atoms with Crippen molar-refractivity contribution in [3.8, 4) is 0 Å². The number of thiazole rings is 1. The second kappa shape index (κ2) is 10.2. The molecule has 0 aliphatic carbocycles. The van der Waals surface area contributed by atoms with E-state index < -0.39 is 0 Å². The highest BCUT2D eigenvalue weighted by atomic mass is 35.5. The molecule has 1 aliphatic heterocycles. The molecule has 8 heteroatoms. The first-order valence-electron chi connectivity index (χ1n) is 6.43. The molecular formula is C12H22Cl2N4OS. The summed E-state index contributed by atoms with van der Waals surface area (Å²) in [5, 5.41) is 3.05. The Morgan fingerprint density at radius 1 is 1.30 bits per heavy atom. The number of carbonyl (C=O) groups is 1. The summed E-state index contributed by atoms with van der Waals surface area (Å²) in [6.45, 7) is 4.09. The van der Waals surface area contributed by atoms with Crippen LogP contribution in [0.2, 0.25) is 0 Å². The van der Waals surface area contributed by atoms with Crippen molar-refractivity contribution >= 4 is 47.2 Å². The van der Waals surface area contributed by atoms with Gasteiger partial charge in [0.15, 0.2) is 5.13 Å². The zero-order chi connectivity index (χ0) is 12.8. The van der Waals surface area contributed by atoms with Gasteiger partial charge in [-0.1, -0.05) is 0 Å². The summed E-state index contributed by atoms with van der Waals surface area (Å²) in [7, 11) is 0. The standard InChI is InChI=1S/C12H20N4OS.2ClH/c13-4-1-3-11(17)15-6-2-7-16(9-8-15)12-14-5-10-18-12;;/h5,10H,1-4,6-9,13H2;2*1H. The van der Waals surface area contributed by atoms with Crippen molar-refractivity contribution in [1.29, 1.82) is 0 Å². The van der Waals surface area contributed by atoms with Crippen LogP contribution in [0.4, 0.5) is 5.13 Å². The molecule has 1 aromatic heterocycles. The van der Waals surface area contributed by atoms with E-state index in [2.05, 4.69) is 9.88 Å². The predicted octanol–water partition coefficient (Wildman–Crippen LogP) is 1.76. The monoisotopic (exact) mass is 340 g/mol. The molecule has 1 fully saturated rings. The molecule has 0 bridgehead atoms. The number of nitrogens with two attached hydrogens (primary N) is 1. The fourth-order valence-corrected chi connectivity index (χ4v) is 2.84. The second-order valence-electron chi connectivity index (χ2n) is 4.43. The van der Waals surface area contributed by atoms with Crippen LogP contribution in [-0.2, 0) is 4.79 Å². The van der Waals surface area contributed by atoms with Crippen LogP contribution in [0.1, 0.15) is 19.3 Å². The Bertz CT molecular complexity index is 378. The lowest BCUT2D eigenvalue weighted by Gasteiger charge is -2.21. The molecule has 5 nitrogen and oxygen atoms in total. The van der Waals surface area contributed by atoms with E-state index >= 15 is 0 Å². The highest BCUT2D eigenvalue weighted by Gasteiger charge is 2.19. The van der Waals surface area contributed by atoms with Crippen LogP contribution in [0.5, 0.6) is 0 Å². The second-order valence-corrected chi connectivity index (χ2v) is 5.30. The summed E-state index contributed by atoms with van der Waals surface area (Å²) < 4.78 is 0. The Hall–Kier alpha value is -0.560. The fourth-order valence-electron chi connectivity index (χ4n) is 2.14. The third-order valence-electron chi connectivity index (χ3n) is 3.13. The number of halogens is 2. The van der Waals surface area contributed by atoms with Crippen LogP contribution in [0.3, 0.4) is 0 Å². The lowest BCUT2D eigenvalue weighted by Crippen LogP contribution is -2.35. The molecule has 2 rings (SSSR count). The molecule has 1 aromatic rings. The SMILES string of the molecule is Cl.Cl.NCCCC(=O)N1CCCN(c2nccs2)CC1. The Kier molecular flexibility index (Phi) is 9.92. The largest absolute Gasteiger partial charge is 0.346 e. The topological polar surface area (TPSA) is 62.5 Å². The van der Waals surface area contributed by atoms with Crippen LogP contribution in [0, 0.1) is 0 Å². The van der Waals surface area contributed by atoms with Crippen LogP contribution < -0.4 is 10.6 Å². The predicted molar refractivity (Wildman–Crippen MR) is 88.3 cm³/mol. The molecule has 20 heavy (non-hydrogen) atoms. The van der Waals surface area contributed by atoms with E-state index in [1.165, 1.54) is 0 Å². The van der Waals surface area contributed by atoms with Crippen molar-refractivity contribution in [2.24, 2.45) is 5.73 Å². The molecule has 2 heterocycles. The van der Waals surface area contributed by atoms with Gasteiger partial charge >= 0.3 is 0 Å². The van der Waals surface area contributed by atoms with Gasteiger partial charge in [0.05, 0.1) is 0 Å². The molecule has 1 amide bonds. The first-order chi connectivity index (χ1) is 8.81. The van der Waals surface area contributed by atoms with Gasteiger partial charge in [0.1, 0.15) is 0 Å². The Morgan fingerprint density at radius 2 is 2.10 bits per heavy atom. The maximum Gasteiger partial charge on any atom is 0.222 e. The summed E-state index contributed by atoms with van der Waals surface area (Å²) in [5.41, 5.74) is 5.44. The maximum atomic E-state index is 11.9. The van der Waals surface area contributed by atoms with Crippen LogP contribution in [0.15, 0.2) is 11.6 Å². The lowest BCUT2D eigenvalue weighted by molar-refractivity contribution is -0.131. The maximum absolute atomic E-state index is 11.9. The normalized spacial score (nSPS) is 15.1. The van der Waals surface area contributed by atoms with E-state index in [0.29, 0.717) is 13.0 Å². The molecule has 116 valence electrons. The van der Waals surface area contributed by atoms with Gasteiger partial charge < -0.3 is 15.5 Å². The van der Waals surface area contributed by atoms with E-state index in [4.69, 9.17) is 5.73 Å². The molecule has 0 unspecified atom stereocenters. The van der Waals surface area contributed by atoms with E-state index in [0.717, 1.165) is 44.2 Å². The number of aromatic nitrogens is 1. The van der Waals surface area contributed by atoms with E-state index in [-0.39, 0.29) is 30.7 Å². The quantitative estimate of drug-likeness (QED) is 0.907. The van der Waals surface area contributed by atoms with Crippen molar-refractivity contribution < 1.29 is 4.79 Å². The van der Waals surface area contributed by atoms with Crippen LogP contribution in [-0.4, -0.2) is 48.5 Å². The molecule has 0 spiro atoms. The fraction of sp³-hybridized carbons (Fsp3) is 0.667. The number of hydrogen-bond donors (Lipinski definition) is 1. The van der Waals surface area contributed by atoms with Gasteiger partial charge in [-0.05, 0) is 19.4 Å². The number of rotatable bonds is 4. The van der Waals surface area contributed by atoms with E-state index in [9.17, 15) is 4.79 Å². The molecule has 1 aliphatic rings. The number of nitrogens with zero attached hydrogens (tertiary/aromatic N) is 3. The smallest absolute Gasteiger partial charge is 0.222 e. The average Bonchev–Trinajstić information content (AvgIpc) is 2.80. The molecule has 0 aromatic carbocycles. The van der Waals surface area contributed by atoms with Crippen molar-refractivity contribution in [3.63, 3.8) is 0 Å². The van der Waals surface area contributed by atoms with Gasteiger partial charge in [0.25, 0.3) is 0 Å². The average molecular weight is 341 g/mol. The highest BCUT2D eigenvalue weighted by Crippen LogP contribution is 2.19. The summed E-state index contributed by atoms with van der Waals surface area (Å²) in [6, 6.07) is 0. The Morgan fingerprint density at radius 3 is 2.75 bits per heavy atom. The summed E-state index contributed by atoms with van der Waals surface area (Å²) in [4.78, 5) is 20.5. The van der Waals surface area contributed by atoms with Gasteiger partial charge in [-0.25, -0.2) is 4.98 Å². The minimum absolute atomic E-state index is 0. The Balaban J connectivity index is 0.00000180. The van der Waals surface area contributed by atoms with Gasteiger partial charge in [-0.15, -0.1) is 36.2 Å². The first-order valence-corrected chi connectivity index (χ1v) is 7.31. The third-order valence-corrected chi connectivity index (χ3v) is 3.97. The molecular weight excluding hydrogens is 319 g/mol. The van der Waals surface area contributed by atoms with Gasteiger partial charge in [-0.3, -0.25) is 4.79 Å². The van der Waals surface area contributed by atoms with Crippen molar-refractivity contribution in [2.75, 3.05) is 37.6 Å². The van der Waals surface area contributed by atoms with Gasteiger partial charge in [0.2, 0.25) is 5.91 Å². The number of hydrogen-bond acceptors (Lipinski definition) is 5. The summed E-state index contributed by atoms with van der Waals surface area (Å²) in [5.74, 6) is 0.237. The van der Waals surface area contributed by atoms with Gasteiger partial charge in [0, 0.05) is 44.2 Å². The summed E-state index contributed by atoms with van der Waals surface area (Å²) >= 11 is 1.66. The number of anilines is 1. The van der Waals surface area contributed by atoms with E-state index in [1.54, 1.807) is 11.3 Å². The van der Waals surface area contributed by atoms with Crippen molar-refractivity contribution in [1.82, 2.24) is 9.88 Å². The minimum atomic E-state index is 0. The van der Waals surface area contributed by atoms with Crippen molar-refractivity contribution in [3.05, 3.63) is 11.6 Å². The van der Waals surface area contributed by atoms with Crippen molar-refractivity contribution in [2.45, 2.75) is 19.3 Å². The molecule has 0 atom stereocenters. The van der Waals surface area contributed by atoms with Crippen LogP contribution in [0.25, 0.3) is 0 Å². The highest BCUT2D eigenvalue weighted by molar-refractivity contribution is 7.13. The first kappa shape index (κ1) is 19.4. The lowest BCUT2D eigenvalue weighted by atomic mass is 10.2. The minimum Gasteiger partial charge on any atom is -0.346 e. The van der Waals surface area contributed by atoms with Gasteiger partial charge in [-0.2, -0.15) is 0 Å². The van der Waals surface area contributed by atoms with E-state index in [1.807, 2.05) is 16.5 Å². The number of amides is 1. The Labute approximate surface area is 136 Å². The van der Waals surface area contributed by atoms with Crippen LogP contribution >= 0.6 is 36.2 Å². The zero-order valence-electron chi connectivity index (χ0n) is 11.4.